The van der Waals surface area contributed by atoms with Crippen molar-refractivity contribution in [2.75, 3.05) is 0 Å². The molecule has 1 heterocycles. The third-order valence-corrected chi connectivity index (χ3v) is 4.19. The molecule has 0 aliphatic heterocycles. The third-order valence-electron chi connectivity index (χ3n) is 3.75. The van der Waals surface area contributed by atoms with Crippen LogP contribution in [0.4, 0.5) is 5.69 Å². The van der Waals surface area contributed by atoms with E-state index in [-0.39, 0.29) is 22.6 Å². The standard InChI is InChI=1S/C20H13BrN4O5/c21-16-8-15(10-22-12-16)19(26)24-23-11-14-9-17(25(28)29)6-7-18(14)30-20(27)13-4-2-1-3-5-13/h1-12H,(H,24,26)/b23-11-. The highest BCUT2D eigenvalue weighted by Gasteiger charge is 2.15. The van der Waals surface area contributed by atoms with Crippen LogP contribution in [-0.4, -0.2) is 28.0 Å². The smallest absolute Gasteiger partial charge is 0.343 e. The van der Waals surface area contributed by atoms with Crippen molar-refractivity contribution in [3.05, 3.63) is 98.3 Å². The van der Waals surface area contributed by atoms with E-state index in [2.05, 4.69) is 31.4 Å². The number of hydrogen-bond acceptors (Lipinski definition) is 7. The lowest BCUT2D eigenvalue weighted by atomic mass is 10.2. The van der Waals surface area contributed by atoms with Crippen molar-refractivity contribution in [2.45, 2.75) is 0 Å². The number of carbonyl (C=O) groups is 2. The molecule has 30 heavy (non-hydrogen) atoms. The molecular formula is C20H13BrN4O5. The number of nitrogens with zero attached hydrogens (tertiary/aromatic N) is 3. The van der Waals surface area contributed by atoms with Gasteiger partial charge in [0, 0.05) is 34.6 Å². The van der Waals surface area contributed by atoms with Gasteiger partial charge < -0.3 is 4.74 Å². The van der Waals surface area contributed by atoms with Crippen LogP contribution in [0.3, 0.4) is 0 Å². The first-order chi connectivity index (χ1) is 14.4. The molecule has 0 spiro atoms. The van der Waals surface area contributed by atoms with Gasteiger partial charge in [0.15, 0.2) is 0 Å². The zero-order chi connectivity index (χ0) is 21.5. The number of carbonyl (C=O) groups excluding carboxylic acids is 2. The van der Waals surface area contributed by atoms with Gasteiger partial charge in [0.2, 0.25) is 0 Å². The molecule has 3 aromatic rings. The predicted octanol–water partition coefficient (Wildman–Crippen LogP) is 3.74. The van der Waals surface area contributed by atoms with Gasteiger partial charge in [-0.3, -0.25) is 19.9 Å². The van der Waals surface area contributed by atoms with Crippen molar-refractivity contribution in [3.63, 3.8) is 0 Å². The Hall–Kier alpha value is -3.92. The molecular weight excluding hydrogens is 456 g/mol. The van der Waals surface area contributed by atoms with Crippen molar-refractivity contribution >= 4 is 39.7 Å². The maximum Gasteiger partial charge on any atom is 0.343 e. The molecule has 1 amide bonds. The van der Waals surface area contributed by atoms with E-state index >= 15 is 0 Å². The maximum atomic E-state index is 12.3. The number of halogens is 1. The number of nitro groups is 1. The van der Waals surface area contributed by atoms with Gasteiger partial charge in [-0.05, 0) is 40.2 Å². The third kappa shape index (κ3) is 5.32. The Bertz CT molecular complexity index is 1140. The normalized spacial score (nSPS) is 10.6. The number of amides is 1. The Kier molecular flexibility index (Phi) is 6.60. The van der Waals surface area contributed by atoms with Crippen LogP contribution in [0.15, 0.2) is 76.6 Å². The van der Waals surface area contributed by atoms with Crippen LogP contribution in [0.1, 0.15) is 26.3 Å². The molecule has 0 saturated carbocycles. The molecule has 150 valence electrons. The van der Waals surface area contributed by atoms with E-state index in [0.717, 1.165) is 6.21 Å². The number of non-ortho nitro benzene ring substituents is 1. The summed E-state index contributed by atoms with van der Waals surface area (Å²) in [5.74, 6) is -1.12. The molecule has 1 aromatic heterocycles. The molecule has 0 atom stereocenters. The van der Waals surface area contributed by atoms with Crippen molar-refractivity contribution in [1.82, 2.24) is 10.4 Å². The van der Waals surface area contributed by atoms with E-state index in [4.69, 9.17) is 4.74 Å². The summed E-state index contributed by atoms with van der Waals surface area (Å²) in [6.07, 6.45) is 4.04. The summed E-state index contributed by atoms with van der Waals surface area (Å²) in [7, 11) is 0. The highest BCUT2D eigenvalue weighted by molar-refractivity contribution is 9.10. The van der Waals surface area contributed by atoms with Gasteiger partial charge in [0.05, 0.1) is 22.3 Å². The molecule has 0 aliphatic rings. The zero-order valence-electron chi connectivity index (χ0n) is 15.2. The second kappa shape index (κ2) is 9.52. The minimum absolute atomic E-state index is 0.0524. The van der Waals surface area contributed by atoms with E-state index in [1.807, 2.05) is 0 Å². The molecule has 3 rings (SSSR count). The summed E-state index contributed by atoms with van der Waals surface area (Å²) in [4.78, 5) is 38.8. The molecule has 10 heteroatoms. The number of ether oxygens (including phenoxy) is 1. The lowest BCUT2D eigenvalue weighted by Crippen LogP contribution is -2.18. The van der Waals surface area contributed by atoms with Crippen LogP contribution in [0.5, 0.6) is 5.75 Å². The molecule has 0 saturated heterocycles. The number of rotatable bonds is 6. The van der Waals surface area contributed by atoms with Gasteiger partial charge in [-0.15, -0.1) is 0 Å². The summed E-state index contributed by atoms with van der Waals surface area (Å²) in [5.41, 5.74) is 2.79. The fourth-order valence-electron chi connectivity index (χ4n) is 2.34. The minimum Gasteiger partial charge on any atom is -0.422 e. The number of esters is 1. The van der Waals surface area contributed by atoms with Crippen LogP contribution < -0.4 is 10.2 Å². The van der Waals surface area contributed by atoms with E-state index in [9.17, 15) is 19.7 Å². The molecule has 0 aliphatic carbocycles. The van der Waals surface area contributed by atoms with Gasteiger partial charge in [0.1, 0.15) is 5.75 Å². The number of nitro benzene ring substituents is 1. The summed E-state index contributed by atoms with van der Waals surface area (Å²) in [6, 6.07) is 13.5. The molecule has 9 nitrogen and oxygen atoms in total. The Balaban J connectivity index is 1.81. The van der Waals surface area contributed by atoms with E-state index in [1.54, 1.807) is 36.4 Å². The SMILES string of the molecule is O=C(N/N=C\c1cc([N+](=O)[O-])ccc1OC(=O)c1ccccc1)c1cncc(Br)c1. The Morgan fingerprint density at radius 3 is 2.57 bits per heavy atom. The van der Waals surface area contributed by atoms with Crippen molar-refractivity contribution in [2.24, 2.45) is 5.10 Å². The van der Waals surface area contributed by atoms with Crippen LogP contribution in [0.2, 0.25) is 0 Å². The average Bonchev–Trinajstić information content (AvgIpc) is 2.75. The number of nitrogens with one attached hydrogen (secondary N) is 1. The lowest BCUT2D eigenvalue weighted by Gasteiger charge is -2.07. The van der Waals surface area contributed by atoms with Crippen molar-refractivity contribution in [3.8, 4) is 5.75 Å². The van der Waals surface area contributed by atoms with Crippen LogP contribution >= 0.6 is 15.9 Å². The summed E-state index contributed by atoms with van der Waals surface area (Å²) >= 11 is 3.22. The van der Waals surface area contributed by atoms with Gasteiger partial charge in [0.25, 0.3) is 11.6 Å². The summed E-state index contributed by atoms with van der Waals surface area (Å²) < 4.78 is 5.96. The Morgan fingerprint density at radius 1 is 1.10 bits per heavy atom. The first-order valence-electron chi connectivity index (χ1n) is 8.43. The minimum atomic E-state index is -0.636. The number of benzene rings is 2. The molecule has 0 unspecified atom stereocenters. The predicted molar refractivity (Wildman–Crippen MR) is 111 cm³/mol. The monoisotopic (exact) mass is 468 g/mol. The van der Waals surface area contributed by atoms with Gasteiger partial charge in [-0.2, -0.15) is 5.10 Å². The largest absolute Gasteiger partial charge is 0.422 e. The van der Waals surface area contributed by atoms with E-state index < -0.39 is 16.8 Å². The van der Waals surface area contributed by atoms with Gasteiger partial charge >= 0.3 is 5.97 Å². The number of hydrazone groups is 1. The van der Waals surface area contributed by atoms with Gasteiger partial charge in [-0.25, -0.2) is 10.2 Å². The Labute approximate surface area is 178 Å². The number of hydrogen-bond donors (Lipinski definition) is 1. The fraction of sp³-hybridized carbons (Fsp3) is 0. The topological polar surface area (TPSA) is 124 Å². The zero-order valence-corrected chi connectivity index (χ0v) is 16.8. The second-order valence-corrected chi connectivity index (χ2v) is 6.74. The number of aromatic nitrogens is 1. The van der Waals surface area contributed by atoms with Gasteiger partial charge in [-0.1, -0.05) is 18.2 Å². The van der Waals surface area contributed by atoms with Crippen molar-refractivity contribution < 1.29 is 19.2 Å². The fourth-order valence-corrected chi connectivity index (χ4v) is 2.70. The quantitative estimate of drug-likeness (QED) is 0.193. The first kappa shape index (κ1) is 20.8. The summed E-state index contributed by atoms with van der Waals surface area (Å²) in [5, 5.41) is 14.9. The lowest BCUT2D eigenvalue weighted by molar-refractivity contribution is -0.384. The molecule has 2 aromatic carbocycles. The molecule has 0 bridgehead atoms. The first-order valence-corrected chi connectivity index (χ1v) is 9.23. The van der Waals surface area contributed by atoms with Crippen molar-refractivity contribution in [1.29, 1.82) is 0 Å². The average molecular weight is 469 g/mol. The number of pyridine rings is 1. The molecule has 1 N–H and O–H groups in total. The Morgan fingerprint density at radius 2 is 1.87 bits per heavy atom. The maximum absolute atomic E-state index is 12.3. The molecule has 0 fully saturated rings. The molecule has 0 radical (unpaired) electrons. The van der Waals surface area contributed by atoms with Crippen LogP contribution in [-0.2, 0) is 0 Å². The highest BCUT2D eigenvalue weighted by atomic mass is 79.9. The van der Waals surface area contributed by atoms with Crippen LogP contribution in [0.25, 0.3) is 0 Å². The van der Waals surface area contributed by atoms with Crippen LogP contribution in [0, 0.1) is 10.1 Å². The van der Waals surface area contributed by atoms with E-state index in [0.29, 0.717) is 10.0 Å². The highest BCUT2D eigenvalue weighted by Crippen LogP contribution is 2.24. The van der Waals surface area contributed by atoms with E-state index in [1.165, 1.54) is 30.6 Å². The second-order valence-electron chi connectivity index (χ2n) is 5.83. The summed E-state index contributed by atoms with van der Waals surface area (Å²) in [6.45, 7) is 0.